The zero-order valence-electron chi connectivity index (χ0n) is 3.59. The van der Waals surface area contributed by atoms with Gasteiger partial charge in [0.1, 0.15) is 0 Å². The molecular formula is C4H6NS. The maximum absolute atomic E-state index is 3.90. The fraction of sp³-hybridized carbons (Fsp3) is 0.500. The summed E-state index contributed by atoms with van der Waals surface area (Å²) in [6.45, 7) is 2.11. The fourth-order valence-electron chi connectivity index (χ4n) is 0.297. The predicted molar refractivity (Wildman–Crippen MR) is 29.5 cm³/mol. The molecule has 0 aromatic heterocycles. The van der Waals surface area contributed by atoms with Crippen molar-refractivity contribution in [1.82, 2.24) is 0 Å². The highest BCUT2D eigenvalue weighted by Gasteiger charge is 2.02. The first-order valence-corrected chi connectivity index (χ1v) is 2.76. The second-order valence-corrected chi connectivity index (χ2v) is 2.05. The zero-order valence-corrected chi connectivity index (χ0v) is 4.40. The lowest BCUT2D eigenvalue weighted by molar-refractivity contribution is 1.02. The minimum absolute atomic E-state index is 0.593. The van der Waals surface area contributed by atoms with Crippen molar-refractivity contribution in [2.75, 3.05) is 0 Å². The van der Waals surface area contributed by atoms with Crippen LogP contribution in [0.15, 0.2) is 4.40 Å². The first kappa shape index (κ1) is 4.19. The van der Waals surface area contributed by atoms with E-state index in [0.717, 1.165) is 0 Å². The maximum Gasteiger partial charge on any atom is 0.0484 e. The molecule has 0 aliphatic carbocycles. The summed E-state index contributed by atoms with van der Waals surface area (Å²) in [5.74, 6) is 2.69. The van der Waals surface area contributed by atoms with Gasteiger partial charge >= 0.3 is 0 Å². The van der Waals surface area contributed by atoms with Crippen LogP contribution in [-0.2, 0) is 0 Å². The van der Waals surface area contributed by atoms with Crippen molar-refractivity contribution in [1.29, 1.82) is 0 Å². The number of hydrogen-bond acceptors (Lipinski definition) is 2. The summed E-state index contributed by atoms with van der Waals surface area (Å²) >= 11 is 1.53. The highest BCUT2D eigenvalue weighted by Crippen LogP contribution is 2.19. The monoisotopic (exact) mass is 100 g/mol. The van der Waals surface area contributed by atoms with Crippen molar-refractivity contribution < 1.29 is 0 Å². The first-order chi connectivity index (χ1) is 2.89. The van der Waals surface area contributed by atoms with Crippen molar-refractivity contribution in [2.24, 2.45) is 10.3 Å². The van der Waals surface area contributed by atoms with Crippen LogP contribution in [0.3, 0.4) is 0 Å². The van der Waals surface area contributed by atoms with E-state index in [-0.39, 0.29) is 0 Å². The summed E-state index contributed by atoms with van der Waals surface area (Å²) in [5.41, 5.74) is 0. The average molecular weight is 100 g/mol. The molecule has 1 aliphatic heterocycles. The van der Waals surface area contributed by atoms with Gasteiger partial charge in [0.25, 0.3) is 0 Å². The minimum Gasteiger partial charge on any atom is -0.228 e. The molecule has 1 rings (SSSR count). The van der Waals surface area contributed by atoms with Crippen LogP contribution in [0, 0.1) is 11.7 Å². The van der Waals surface area contributed by atoms with Crippen LogP contribution in [0.4, 0.5) is 0 Å². The van der Waals surface area contributed by atoms with Gasteiger partial charge in [0, 0.05) is 17.9 Å². The lowest BCUT2D eigenvalue weighted by atomic mass is 10.3. The van der Waals surface area contributed by atoms with E-state index in [9.17, 15) is 0 Å². The number of nitrogens with zero attached hydrogens (tertiary/aromatic N) is 1. The molecule has 1 radical (unpaired) electrons. The number of rotatable bonds is 0. The van der Waals surface area contributed by atoms with Crippen molar-refractivity contribution in [2.45, 2.75) is 6.92 Å². The van der Waals surface area contributed by atoms with Crippen molar-refractivity contribution >= 4 is 18.2 Å². The smallest absolute Gasteiger partial charge is 0.0484 e. The van der Waals surface area contributed by atoms with Crippen LogP contribution in [0.25, 0.3) is 0 Å². The van der Waals surface area contributed by atoms with Crippen molar-refractivity contribution in [3.05, 3.63) is 5.75 Å². The molecule has 0 N–H and O–H groups in total. The molecule has 1 atom stereocenters. The summed E-state index contributed by atoms with van der Waals surface area (Å²) in [6.07, 6.45) is 1.94. The Morgan fingerprint density at radius 2 is 2.67 bits per heavy atom. The summed E-state index contributed by atoms with van der Waals surface area (Å²) in [6, 6.07) is 0. The van der Waals surface area contributed by atoms with Gasteiger partial charge in [-0.05, 0) is 11.9 Å². The molecule has 0 saturated heterocycles. The van der Waals surface area contributed by atoms with Crippen LogP contribution in [0.2, 0.25) is 0 Å². The Morgan fingerprint density at radius 1 is 1.83 bits per heavy atom. The van der Waals surface area contributed by atoms with E-state index in [2.05, 4.69) is 17.1 Å². The second-order valence-electron chi connectivity index (χ2n) is 1.36. The molecule has 0 amide bonds. The molecular weight excluding hydrogens is 94.1 g/mol. The highest BCUT2D eigenvalue weighted by atomic mass is 32.2. The van der Waals surface area contributed by atoms with E-state index < -0.39 is 0 Å². The zero-order chi connectivity index (χ0) is 4.41. The Balaban J connectivity index is 2.38. The molecule has 2 heteroatoms. The normalized spacial score (nSPS) is 31.8. The topological polar surface area (TPSA) is 12.4 Å². The summed E-state index contributed by atoms with van der Waals surface area (Å²) in [4.78, 5) is 0. The van der Waals surface area contributed by atoms with E-state index >= 15 is 0 Å². The maximum atomic E-state index is 3.90. The molecule has 1 unspecified atom stereocenters. The molecule has 6 heavy (non-hydrogen) atoms. The van der Waals surface area contributed by atoms with Crippen LogP contribution in [0.5, 0.6) is 0 Å². The predicted octanol–water partition coefficient (Wildman–Crippen LogP) is 1.52. The number of hydrogen-bond donors (Lipinski definition) is 0. The molecule has 1 aliphatic rings. The van der Waals surface area contributed by atoms with Crippen LogP contribution >= 0.6 is 11.9 Å². The van der Waals surface area contributed by atoms with E-state index in [1.807, 2.05) is 6.21 Å². The quantitative estimate of drug-likeness (QED) is 0.420. The van der Waals surface area contributed by atoms with Gasteiger partial charge in [0.15, 0.2) is 0 Å². The molecule has 0 aromatic rings. The standard InChI is InChI=1S/C4H6NS/c1-4-2-5-6-3-4/h2-4H,1H3. The molecule has 0 aromatic carbocycles. The van der Waals surface area contributed by atoms with Gasteiger partial charge in [-0.3, -0.25) is 0 Å². The third-order valence-electron chi connectivity index (χ3n) is 0.632. The Bertz CT molecular complexity index is 69.9. The van der Waals surface area contributed by atoms with Crippen molar-refractivity contribution in [3.63, 3.8) is 0 Å². The molecule has 0 bridgehead atoms. The lowest BCUT2D eigenvalue weighted by Gasteiger charge is -1.84. The molecule has 1 nitrogen and oxygen atoms in total. The van der Waals surface area contributed by atoms with E-state index in [4.69, 9.17) is 0 Å². The Labute approximate surface area is 42.0 Å². The van der Waals surface area contributed by atoms with Gasteiger partial charge in [-0.15, -0.1) is 0 Å². The van der Waals surface area contributed by atoms with Gasteiger partial charge in [0.05, 0.1) is 0 Å². The molecule has 1 heterocycles. The van der Waals surface area contributed by atoms with Crippen molar-refractivity contribution in [3.8, 4) is 0 Å². The fourth-order valence-corrected chi connectivity index (χ4v) is 0.892. The molecule has 0 spiro atoms. The second kappa shape index (κ2) is 1.65. The Hall–Kier alpha value is 0.0200. The summed E-state index contributed by atoms with van der Waals surface area (Å²) in [7, 11) is 0. The molecule has 33 valence electrons. The Kier molecular flexibility index (Phi) is 1.15. The van der Waals surface area contributed by atoms with Gasteiger partial charge in [-0.2, -0.15) is 0 Å². The van der Waals surface area contributed by atoms with E-state index in [1.165, 1.54) is 11.9 Å². The van der Waals surface area contributed by atoms with Crippen LogP contribution < -0.4 is 0 Å². The SMILES string of the molecule is CC1[CH]SN=C1. The molecule has 0 fully saturated rings. The minimum atomic E-state index is 0.593. The van der Waals surface area contributed by atoms with E-state index in [1.54, 1.807) is 0 Å². The van der Waals surface area contributed by atoms with E-state index in [0.29, 0.717) is 5.92 Å². The van der Waals surface area contributed by atoms with Gasteiger partial charge in [0.2, 0.25) is 0 Å². The first-order valence-electron chi connectivity index (χ1n) is 1.92. The van der Waals surface area contributed by atoms with Crippen LogP contribution in [-0.4, -0.2) is 6.21 Å². The molecule has 0 saturated carbocycles. The summed E-state index contributed by atoms with van der Waals surface area (Å²) in [5, 5.41) is 0. The van der Waals surface area contributed by atoms with Crippen LogP contribution in [0.1, 0.15) is 6.92 Å². The largest absolute Gasteiger partial charge is 0.228 e. The third kappa shape index (κ3) is 0.744. The highest BCUT2D eigenvalue weighted by molar-refractivity contribution is 8.00. The average Bonchev–Trinajstić information content (AvgIpc) is 1.86. The lowest BCUT2D eigenvalue weighted by Crippen LogP contribution is -1.84. The van der Waals surface area contributed by atoms with Gasteiger partial charge in [-0.1, -0.05) is 6.92 Å². The van der Waals surface area contributed by atoms with Gasteiger partial charge < -0.3 is 0 Å². The summed E-state index contributed by atoms with van der Waals surface area (Å²) < 4.78 is 3.90. The van der Waals surface area contributed by atoms with Gasteiger partial charge in [-0.25, -0.2) is 4.40 Å². The Morgan fingerprint density at radius 3 is 2.83 bits per heavy atom. The third-order valence-corrected chi connectivity index (χ3v) is 1.43.